The van der Waals surface area contributed by atoms with Crippen molar-refractivity contribution in [2.24, 2.45) is 0 Å². The molecule has 1 aliphatic heterocycles. The van der Waals surface area contributed by atoms with Gasteiger partial charge in [0.05, 0.1) is 12.6 Å². The van der Waals surface area contributed by atoms with Crippen LogP contribution in [0.3, 0.4) is 0 Å². The van der Waals surface area contributed by atoms with E-state index in [0.29, 0.717) is 19.2 Å². The van der Waals surface area contributed by atoms with Crippen molar-refractivity contribution in [2.45, 2.75) is 43.9 Å². The Balaban J connectivity index is 1.38. The van der Waals surface area contributed by atoms with Gasteiger partial charge >= 0.3 is 0 Å². The van der Waals surface area contributed by atoms with Crippen LogP contribution >= 0.6 is 0 Å². The van der Waals surface area contributed by atoms with Gasteiger partial charge < -0.3 is 10.1 Å². The first kappa shape index (κ1) is 18.2. The van der Waals surface area contributed by atoms with Crippen LogP contribution in [0.2, 0.25) is 0 Å². The van der Waals surface area contributed by atoms with Crippen LogP contribution in [0.15, 0.2) is 60.7 Å². The summed E-state index contributed by atoms with van der Waals surface area (Å²) in [5, 5.41) is 3.11. The number of carbonyl (C=O) groups is 1. The highest BCUT2D eigenvalue weighted by Gasteiger charge is 2.43. The number of hydrogen-bond donors (Lipinski definition) is 1. The van der Waals surface area contributed by atoms with Crippen LogP contribution in [-0.2, 0) is 16.0 Å². The number of hydrogen-bond acceptors (Lipinski definition) is 3. The molecule has 1 saturated heterocycles. The van der Waals surface area contributed by atoms with Crippen molar-refractivity contribution >= 4 is 5.91 Å². The lowest BCUT2D eigenvalue weighted by Crippen LogP contribution is -2.52. The molecule has 2 aliphatic rings. The maximum atomic E-state index is 12.9. The first-order valence-corrected chi connectivity index (χ1v) is 10.1. The fraction of sp³-hybridized carbons (Fsp3) is 0.435. The molecule has 142 valence electrons. The van der Waals surface area contributed by atoms with E-state index >= 15 is 0 Å². The molecule has 4 heteroatoms. The maximum absolute atomic E-state index is 12.9. The zero-order valence-corrected chi connectivity index (χ0v) is 15.7. The summed E-state index contributed by atoms with van der Waals surface area (Å²) in [7, 11) is 0. The number of amides is 1. The zero-order chi connectivity index (χ0) is 18.5. The lowest BCUT2D eigenvalue weighted by Gasteiger charge is -2.41. The molecule has 1 N–H and O–H groups in total. The summed E-state index contributed by atoms with van der Waals surface area (Å²) < 4.78 is 5.98. The first-order valence-electron chi connectivity index (χ1n) is 10.1. The second-order valence-electron chi connectivity index (χ2n) is 7.50. The van der Waals surface area contributed by atoms with Gasteiger partial charge in [-0.2, -0.15) is 0 Å². The van der Waals surface area contributed by atoms with Gasteiger partial charge in [0, 0.05) is 19.1 Å². The van der Waals surface area contributed by atoms with Crippen LogP contribution in [0.5, 0.6) is 0 Å². The van der Waals surface area contributed by atoms with Crippen molar-refractivity contribution in [2.75, 3.05) is 19.7 Å². The van der Waals surface area contributed by atoms with Gasteiger partial charge in [-0.15, -0.1) is 0 Å². The van der Waals surface area contributed by atoms with Crippen LogP contribution in [0.1, 0.15) is 36.4 Å². The second kappa shape index (κ2) is 8.68. The van der Waals surface area contributed by atoms with Crippen LogP contribution in [-0.4, -0.2) is 42.6 Å². The number of nitrogens with zero attached hydrogens (tertiary/aromatic N) is 1. The molecule has 1 saturated carbocycles. The molecule has 0 radical (unpaired) electrons. The monoisotopic (exact) mass is 364 g/mol. The predicted molar refractivity (Wildman–Crippen MR) is 106 cm³/mol. The van der Waals surface area contributed by atoms with Crippen molar-refractivity contribution < 1.29 is 9.53 Å². The molecule has 4 nitrogen and oxygen atoms in total. The summed E-state index contributed by atoms with van der Waals surface area (Å²) >= 11 is 0. The van der Waals surface area contributed by atoms with Gasteiger partial charge in [0.25, 0.3) is 5.91 Å². The Bertz CT molecular complexity index is 731. The van der Waals surface area contributed by atoms with Gasteiger partial charge in [-0.25, -0.2) is 0 Å². The van der Waals surface area contributed by atoms with Gasteiger partial charge in [-0.3, -0.25) is 9.69 Å². The molecule has 0 unspecified atom stereocenters. The minimum Gasteiger partial charge on any atom is -0.365 e. The molecule has 1 heterocycles. The number of morpholine rings is 1. The van der Waals surface area contributed by atoms with Crippen LogP contribution in [0.4, 0.5) is 0 Å². The first-order chi connectivity index (χ1) is 13.3. The van der Waals surface area contributed by atoms with Crippen LogP contribution in [0.25, 0.3) is 0 Å². The van der Waals surface area contributed by atoms with E-state index in [1.54, 1.807) is 0 Å². The fourth-order valence-electron chi connectivity index (χ4n) is 3.99. The third-order valence-corrected chi connectivity index (χ3v) is 5.49. The maximum Gasteiger partial charge on any atom is 0.251 e. The van der Waals surface area contributed by atoms with E-state index in [2.05, 4.69) is 46.6 Å². The lowest BCUT2D eigenvalue weighted by atomic mass is 9.97. The van der Waals surface area contributed by atoms with E-state index in [-0.39, 0.29) is 11.9 Å². The largest absolute Gasteiger partial charge is 0.365 e. The average Bonchev–Trinajstić information content (AvgIpc) is 3.57. The van der Waals surface area contributed by atoms with Crippen molar-refractivity contribution in [3.8, 4) is 0 Å². The van der Waals surface area contributed by atoms with Crippen molar-refractivity contribution in [1.29, 1.82) is 0 Å². The van der Waals surface area contributed by atoms with Gasteiger partial charge in [-0.1, -0.05) is 60.7 Å². The molecule has 2 aromatic rings. The molecule has 27 heavy (non-hydrogen) atoms. The predicted octanol–water partition coefficient (Wildman–Crippen LogP) is 3.34. The number of nitrogens with one attached hydrogen (secondary N) is 1. The highest BCUT2D eigenvalue weighted by Crippen LogP contribution is 2.38. The van der Waals surface area contributed by atoms with Crippen LogP contribution < -0.4 is 5.32 Å². The van der Waals surface area contributed by atoms with E-state index in [9.17, 15) is 4.79 Å². The van der Waals surface area contributed by atoms with Gasteiger partial charge in [0.15, 0.2) is 6.10 Å². The Morgan fingerprint density at radius 3 is 2.44 bits per heavy atom. The van der Waals surface area contributed by atoms with Gasteiger partial charge in [-0.05, 0) is 36.8 Å². The highest BCUT2D eigenvalue weighted by molar-refractivity contribution is 5.82. The van der Waals surface area contributed by atoms with Crippen LogP contribution in [0, 0.1) is 0 Å². The molecular weight excluding hydrogens is 336 g/mol. The molecule has 1 aliphatic carbocycles. The molecule has 4 rings (SSSR count). The van der Waals surface area contributed by atoms with E-state index in [4.69, 9.17) is 4.74 Å². The number of rotatable bonds is 7. The van der Waals surface area contributed by atoms with E-state index in [1.165, 1.54) is 24.0 Å². The molecular formula is C23H28N2O2. The Hall–Kier alpha value is -2.17. The molecule has 0 aromatic heterocycles. The summed E-state index contributed by atoms with van der Waals surface area (Å²) in [4.78, 5) is 15.4. The van der Waals surface area contributed by atoms with Gasteiger partial charge in [0.2, 0.25) is 0 Å². The summed E-state index contributed by atoms with van der Waals surface area (Å²) in [6.45, 7) is 2.21. The van der Waals surface area contributed by atoms with E-state index in [1.807, 2.05) is 24.3 Å². The summed E-state index contributed by atoms with van der Waals surface area (Å²) in [6.07, 6.45) is 3.94. The quantitative estimate of drug-likeness (QED) is 0.766. The number of ether oxygens (including phenoxy) is 1. The Kier molecular flexibility index (Phi) is 5.85. The normalized spacial score (nSPS) is 23.1. The smallest absolute Gasteiger partial charge is 0.251 e. The molecule has 0 bridgehead atoms. The Labute approximate surface area is 161 Å². The van der Waals surface area contributed by atoms with E-state index < -0.39 is 6.10 Å². The SMILES string of the molecule is O=C(NCCCc1ccccc1)[C@@H]1OCCN(C2CC2)[C@H]1c1ccccc1. The molecule has 2 fully saturated rings. The molecule has 2 atom stereocenters. The Morgan fingerprint density at radius 1 is 1.04 bits per heavy atom. The molecule has 2 aromatic carbocycles. The lowest BCUT2D eigenvalue weighted by molar-refractivity contribution is -0.146. The highest BCUT2D eigenvalue weighted by atomic mass is 16.5. The average molecular weight is 364 g/mol. The van der Waals surface area contributed by atoms with Crippen molar-refractivity contribution in [1.82, 2.24) is 10.2 Å². The van der Waals surface area contributed by atoms with E-state index in [0.717, 1.165) is 19.4 Å². The standard InChI is InChI=1S/C23H28N2O2/c26-23(24-15-7-10-18-8-3-1-4-9-18)22-21(19-11-5-2-6-12-19)25(16-17-27-22)20-13-14-20/h1-6,8-9,11-12,20-22H,7,10,13-17H2,(H,24,26)/t21-,22+/m0/s1. The minimum atomic E-state index is -0.432. The third-order valence-electron chi connectivity index (χ3n) is 5.49. The summed E-state index contributed by atoms with van der Waals surface area (Å²) in [5.41, 5.74) is 2.48. The number of carbonyl (C=O) groups excluding carboxylic acids is 1. The Morgan fingerprint density at radius 2 is 1.74 bits per heavy atom. The molecule has 0 spiro atoms. The van der Waals surface area contributed by atoms with Gasteiger partial charge in [0.1, 0.15) is 0 Å². The van der Waals surface area contributed by atoms with Crippen molar-refractivity contribution in [3.05, 3.63) is 71.8 Å². The fourth-order valence-corrected chi connectivity index (χ4v) is 3.99. The molecule has 1 amide bonds. The minimum absolute atomic E-state index is 0.0153. The summed E-state index contributed by atoms with van der Waals surface area (Å²) in [5.74, 6) is 0.0160. The number of aryl methyl sites for hydroxylation is 1. The third kappa shape index (κ3) is 4.57. The number of benzene rings is 2. The zero-order valence-electron chi connectivity index (χ0n) is 15.7. The van der Waals surface area contributed by atoms with Crippen molar-refractivity contribution in [3.63, 3.8) is 0 Å². The summed E-state index contributed by atoms with van der Waals surface area (Å²) in [6, 6.07) is 21.4. The second-order valence-corrected chi connectivity index (χ2v) is 7.50. The topological polar surface area (TPSA) is 41.6 Å².